The lowest BCUT2D eigenvalue weighted by Gasteiger charge is -2.16. The quantitative estimate of drug-likeness (QED) is 0.801. The smallest absolute Gasteiger partial charge is 0.315 e. The molecule has 0 N–H and O–H groups in total. The highest BCUT2D eigenvalue weighted by molar-refractivity contribution is 6.01. The number of hydrogen-bond acceptors (Lipinski definition) is 3. The molecular weight excluding hydrogens is 299 g/mol. The lowest BCUT2D eigenvalue weighted by Crippen LogP contribution is -2.33. The molecule has 2 fully saturated rings. The van der Waals surface area contributed by atoms with Gasteiger partial charge in [0.15, 0.2) is 0 Å². The van der Waals surface area contributed by atoms with Crippen LogP contribution in [-0.4, -0.2) is 39.8 Å². The van der Waals surface area contributed by atoms with Crippen LogP contribution in [0.1, 0.15) is 24.1 Å². The molecule has 1 aliphatic carbocycles. The molecule has 22 heavy (non-hydrogen) atoms. The molecule has 2 heterocycles. The average molecular weight is 313 g/mol. The third-order valence-electron chi connectivity index (χ3n) is 3.78. The number of nitrogens with zero attached hydrogens (tertiary/aromatic N) is 3. The number of pyridine rings is 1. The van der Waals surface area contributed by atoms with Crippen molar-refractivity contribution < 1.29 is 22.8 Å². The van der Waals surface area contributed by atoms with Crippen molar-refractivity contribution in [2.45, 2.75) is 25.6 Å². The van der Waals surface area contributed by atoms with E-state index in [1.165, 1.54) is 11.0 Å². The molecular formula is C14H14F3N3O2. The zero-order valence-corrected chi connectivity index (χ0v) is 11.6. The zero-order chi connectivity index (χ0) is 15.9. The molecule has 1 saturated carbocycles. The van der Waals surface area contributed by atoms with Crippen LogP contribution < -0.4 is 0 Å². The van der Waals surface area contributed by atoms with Gasteiger partial charge in [-0.2, -0.15) is 13.2 Å². The Labute approximate surface area is 124 Å². The van der Waals surface area contributed by atoms with E-state index in [1.807, 2.05) is 0 Å². The van der Waals surface area contributed by atoms with Gasteiger partial charge < -0.3 is 4.90 Å². The predicted molar refractivity (Wildman–Crippen MR) is 69.5 cm³/mol. The van der Waals surface area contributed by atoms with Gasteiger partial charge in [0.25, 0.3) is 5.91 Å². The second-order valence-electron chi connectivity index (χ2n) is 5.62. The van der Waals surface area contributed by atoms with E-state index in [-0.39, 0.29) is 24.7 Å². The number of rotatable bonds is 4. The SMILES string of the molecule is O=C1CN(CC2CC2)C(=O)N1Cc1ccc(C(F)(F)F)cn1. The monoisotopic (exact) mass is 313 g/mol. The molecule has 1 aromatic heterocycles. The summed E-state index contributed by atoms with van der Waals surface area (Å²) in [5.41, 5.74) is -0.603. The van der Waals surface area contributed by atoms with E-state index in [9.17, 15) is 22.8 Å². The first-order valence-electron chi connectivity index (χ1n) is 6.96. The lowest BCUT2D eigenvalue weighted by atomic mass is 10.2. The second kappa shape index (κ2) is 5.26. The van der Waals surface area contributed by atoms with Gasteiger partial charge in [0, 0.05) is 12.7 Å². The number of amides is 3. The van der Waals surface area contributed by atoms with Gasteiger partial charge in [0.1, 0.15) is 6.54 Å². The van der Waals surface area contributed by atoms with Crippen molar-refractivity contribution >= 4 is 11.9 Å². The van der Waals surface area contributed by atoms with Crippen LogP contribution in [0.15, 0.2) is 18.3 Å². The molecule has 3 rings (SSSR count). The highest BCUT2D eigenvalue weighted by Gasteiger charge is 2.39. The number of hydrogen-bond donors (Lipinski definition) is 0. The van der Waals surface area contributed by atoms with Gasteiger partial charge in [-0.25, -0.2) is 4.79 Å². The summed E-state index contributed by atoms with van der Waals surface area (Å²) < 4.78 is 37.4. The molecule has 1 aliphatic heterocycles. The number of urea groups is 1. The van der Waals surface area contributed by atoms with E-state index in [2.05, 4.69) is 4.98 Å². The van der Waals surface area contributed by atoms with Crippen LogP contribution in [0.3, 0.4) is 0 Å². The normalized spacial score (nSPS) is 19.2. The maximum absolute atomic E-state index is 12.5. The van der Waals surface area contributed by atoms with Gasteiger partial charge in [-0.15, -0.1) is 0 Å². The fourth-order valence-corrected chi connectivity index (χ4v) is 2.35. The van der Waals surface area contributed by atoms with Crippen molar-refractivity contribution in [2.75, 3.05) is 13.1 Å². The highest BCUT2D eigenvalue weighted by atomic mass is 19.4. The minimum absolute atomic E-state index is 0.0377. The van der Waals surface area contributed by atoms with E-state index >= 15 is 0 Å². The molecule has 2 aliphatic rings. The molecule has 3 amide bonds. The minimum atomic E-state index is -4.45. The second-order valence-corrected chi connectivity index (χ2v) is 5.62. The maximum Gasteiger partial charge on any atom is 0.417 e. The van der Waals surface area contributed by atoms with Crippen molar-refractivity contribution in [3.8, 4) is 0 Å². The van der Waals surface area contributed by atoms with E-state index in [0.29, 0.717) is 18.7 Å². The highest BCUT2D eigenvalue weighted by Crippen LogP contribution is 2.31. The Hall–Kier alpha value is -2.12. The van der Waals surface area contributed by atoms with Gasteiger partial charge >= 0.3 is 12.2 Å². The zero-order valence-electron chi connectivity index (χ0n) is 11.6. The third-order valence-corrected chi connectivity index (χ3v) is 3.78. The summed E-state index contributed by atoms with van der Waals surface area (Å²) in [6.45, 7) is 0.508. The number of carbonyl (C=O) groups is 2. The molecule has 0 unspecified atom stereocenters. The number of halogens is 3. The molecule has 0 radical (unpaired) electrons. The molecule has 0 atom stereocenters. The molecule has 8 heteroatoms. The topological polar surface area (TPSA) is 53.5 Å². The van der Waals surface area contributed by atoms with Gasteiger partial charge in [-0.3, -0.25) is 14.7 Å². The maximum atomic E-state index is 12.5. The lowest BCUT2D eigenvalue weighted by molar-refractivity contribution is -0.138. The Morgan fingerprint density at radius 3 is 2.50 bits per heavy atom. The fourth-order valence-electron chi connectivity index (χ4n) is 2.35. The van der Waals surface area contributed by atoms with Crippen LogP contribution in [0.5, 0.6) is 0 Å². The summed E-state index contributed by atoms with van der Waals surface area (Å²) in [5.74, 6) is 0.133. The van der Waals surface area contributed by atoms with Crippen molar-refractivity contribution in [1.82, 2.24) is 14.8 Å². The third kappa shape index (κ3) is 3.05. The van der Waals surface area contributed by atoms with Crippen molar-refractivity contribution in [3.05, 3.63) is 29.6 Å². The standard InChI is InChI=1S/C14H14F3N3O2/c15-14(16,17)10-3-4-11(18-5-10)7-20-12(21)8-19(13(20)22)6-9-1-2-9/h3-5,9H,1-2,6-8H2. The van der Waals surface area contributed by atoms with Crippen LogP contribution in [0, 0.1) is 5.92 Å². The van der Waals surface area contributed by atoms with Gasteiger partial charge in [-0.1, -0.05) is 0 Å². The van der Waals surface area contributed by atoms with Crippen molar-refractivity contribution in [1.29, 1.82) is 0 Å². The Morgan fingerprint density at radius 1 is 1.23 bits per heavy atom. The van der Waals surface area contributed by atoms with Crippen LogP contribution in [0.25, 0.3) is 0 Å². The predicted octanol–water partition coefficient (Wildman–Crippen LogP) is 2.27. The van der Waals surface area contributed by atoms with Crippen LogP contribution in [0.4, 0.5) is 18.0 Å². The van der Waals surface area contributed by atoms with E-state index in [4.69, 9.17) is 0 Å². The number of alkyl halides is 3. The molecule has 1 aromatic rings. The van der Waals surface area contributed by atoms with Crippen LogP contribution >= 0.6 is 0 Å². The largest absolute Gasteiger partial charge is 0.417 e. The van der Waals surface area contributed by atoms with E-state index in [1.54, 1.807) is 0 Å². The summed E-state index contributed by atoms with van der Waals surface area (Å²) in [6, 6.07) is 1.70. The first kappa shape index (κ1) is 14.8. The Kier molecular flexibility index (Phi) is 3.54. The van der Waals surface area contributed by atoms with Gasteiger partial charge in [0.05, 0.1) is 17.8 Å². The first-order valence-corrected chi connectivity index (χ1v) is 6.96. The number of imide groups is 1. The minimum Gasteiger partial charge on any atom is -0.315 e. The molecule has 5 nitrogen and oxygen atoms in total. The van der Waals surface area contributed by atoms with Crippen molar-refractivity contribution in [2.24, 2.45) is 5.92 Å². The molecule has 0 bridgehead atoms. The Bertz CT molecular complexity index is 596. The number of aromatic nitrogens is 1. The van der Waals surface area contributed by atoms with E-state index in [0.717, 1.165) is 23.8 Å². The molecule has 1 saturated heterocycles. The Morgan fingerprint density at radius 2 is 1.95 bits per heavy atom. The van der Waals surface area contributed by atoms with Gasteiger partial charge in [-0.05, 0) is 30.9 Å². The van der Waals surface area contributed by atoms with Crippen molar-refractivity contribution in [3.63, 3.8) is 0 Å². The summed E-state index contributed by atoms with van der Waals surface area (Å²) in [7, 11) is 0. The van der Waals surface area contributed by atoms with Crippen LogP contribution in [-0.2, 0) is 17.5 Å². The fraction of sp³-hybridized carbons (Fsp3) is 0.500. The van der Waals surface area contributed by atoms with Crippen LogP contribution in [0.2, 0.25) is 0 Å². The summed E-state index contributed by atoms with van der Waals surface area (Å²) in [6.07, 6.45) is -1.61. The first-order chi connectivity index (χ1) is 10.3. The van der Waals surface area contributed by atoms with E-state index < -0.39 is 17.8 Å². The average Bonchev–Trinajstić information content (AvgIpc) is 3.22. The molecule has 0 aromatic carbocycles. The summed E-state index contributed by atoms with van der Waals surface area (Å²) in [4.78, 5) is 30.2. The van der Waals surface area contributed by atoms with Gasteiger partial charge in [0.2, 0.25) is 0 Å². The number of carbonyl (C=O) groups excluding carboxylic acids is 2. The summed E-state index contributed by atoms with van der Waals surface area (Å²) in [5, 5.41) is 0. The molecule has 118 valence electrons. The Balaban J connectivity index is 1.67. The summed E-state index contributed by atoms with van der Waals surface area (Å²) >= 11 is 0. The molecule has 0 spiro atoms.